The van der Waals surface area contributed by atoms with Gasteiger partial charge < -0.3 is 58.3 Å². The van der Waals surface area contributed by atoms with Gasteiger partial charge in [-0.15, -0.1) is 0 Å². The SMILES string of the molecule is CCOCCOCCOCCOc1ccc(C[C@@H](C(=O)O)N2CCN(CC(=O)O)CCN(CC(=O)O)CCN(CC(=O)O)CC2)c(OCCOCCOCCOCC)c1.[Gd]. The first kappa shape index (κ1) is 55.6. The molecule has 1 aliphatic rings. The molecule has 0 saturated carbocycles. The summed E-state index contributed by atoms with van der Waals surface area (Å²) in [5.41, 5.74) is 0.574. The molecule has 346 valence electrons. The summed E-state index contributed by atoms with van der Waals surface area (Å²) in [6.07, 6.45) is -0.00384. The second-order valence-corrected chi connectivity index (χ2v) is 13.4. The van der Waals surface area contributed by atoms with E-state index in [1.54, 1.807) is 37.8 Å². The van der Waals surface area contributed by atoms with E-state index in [0.29, 0.717) is 89.7 Å². The van der Waals surface area contributed by atoms with Crippen LogP contribution in [0.1, 0.15) is 19.4 Å². The predicted octanol–water partition coefficient (Wildman–Crippen LogP) is 0.0547. The third kappa shape index (κ3) is 26.8. The Hall–Kier alpha value is -2.38. The summed E-state index contributed by atoms with van der Waals surface area (Å²) in [7, 11) is 0. The van der Waals surface area contributed by atoms with Crippen molar-refractivity contribution < 1.29 is 117 Å². The molecule has 1 fully saturated rings. The van der Waals surface area contributed by atoms with Crippen molar-refractivity contribution in [2.24, 2.45) is 0 Å². The summed E-state index contributed by atoms with van der Waals surface area (Å²) in [4.78, 5) is 54.7. The maximum Gasteiger partial charge on any atom is 0.321 e. The van der Waals surface area contributed by atoms with E-state index in [9.17, 15) is 39.6 Å². The van der Waals surface area contributed by atoms with E-state index in [4.69, 9.17) is 37.9 Å². The molecule has 0 unspecified atom stereocenters. The molecule has 0 bridgehead atoms. The first-order chi connectivity index (χ1) is 28.5. The van der Waals surface area contributed by atoms with Crippen molar-refractivity contribution in [1.82, 2.24) is 19.6 Å². The van der Waals surface area contributed by atoms with Gasteiger partial charge in [0.2, 0.25) is 0 Å². The van der Waals surface area contributed by atoms with Crippen LogP contribution < -0.4 is 9.47 Å². The molecule has 1 heterocycles. The molecule has 0 spiro atoms. The Morgan fingerprint density at radius 3 is 1.28 bits per heavy atom. The van der Waals surface area contributed by atoms with Gasteiger partial charge in [-0.25, -0.2) is 0 Å². The van der Waals surface area contributed by atoms with E-state index >= 15 is 0 Å². The molecule has 1 atom stereocenters. The van der Waals surface area contributed by atoms with Crippen LogP contribution in [-0.2, 0) is 54.0 Å². The van der Waals surface area contributed by atoms with Gasteiger partial charge in [-0.1, -0.05) is 6.07 Å². The molecular formula is C39H66GdN4O16. The smallest absolute Gasteiger partial charge is 0.321 e. The van der Waals surface area contributed by atoms with Crippen LogP contribution in [0, 0.1) is 39.9 Å². The van der Waals surface area contributed by atoms with Crippen molar-refractivity contribution in [3.8, 4) is 11.5 Å². The fourth-order valence-electron chi connectivity index (χ4n) is 6.02. The summed E-state index contributed by atoms with van der Waals surface area (Å²) in [6, 6.07) is 4.03. The average Bonchev–Trinajstić information content (AvgIpc) is 3.18. The Labute approximate surface area is 384 Å². The van der Waals surface area contributed by atoms with Gasteiger partial charge in [-0.05, 0) is 25.5 Å². The van der Waals surface area contributed by atoms with Gasteiger partial charge in [0.05, 0.1) is 85.7 Å². The molecule has 2 rings (SSSR count). The zero-order valence-corrected chi connectivity index (χ0v) is 37.3. The van der Waals surface area contributed by atoms with Crippen molar-refractivity contribution >= 4 is 23.9 Å². The van der Waals surface area contributed by atoms with Crippen molar-refractivity contribution in [2.45, 2.75) is 26.3 Å². The molecule has 1 aromatic carbocycles. The Morgan fingerprint density at radius 2 is 0.900 bits per heavy atom. The second-order valence-electron chi connectivity index (χ2n) is 13.4. The van der Waals surface area contributed by atoms with E-state index in [0.717, 1.165) is 0 Å². The van der Waals surface area contributed by atoms with Crippen LogP contribution in [0.2, 0.25) is 0 Å². The normalized spacial score (nSPS) is 15.6. The van der Waals surface area contributed by atoms with Crippen LogP contribution in [0.3, 0.4) is 0 Å². The maximum atomic E-state index is 13.0. The van der Waals surface area contributed by atoms with Gasteiger partial charge >= 0.3 is 23.9 Å². The molecule has 0 aliphatic carbocycles. The average molecular weight is 1000 g/mol. The molecule has 0 amide bonds. The van der Waals surface area contributed by atoms with E-state index in [-0.39, 0.29) is 138 Å². The zero-order chi connectivity index (χ0) is 43.1. The fourth-order valence-corrected chi connectivity index (χ4v) is 6.02. The molecule has 60 heavy (non-hydrogen) atoms. The summed E-state index contributed by atoms with van der Waals surface area (Å²) < 4.78 is 44.8. The van der Waals surface area contributed by atoms with E-state index < -0.39 is 29.9 Å². The summed E-state index contributed by atoms with van der Waals surface area (Å²) in [6.45, 7) is 10.0. The number of benzene rings is 1. The third-order valence-corrected chi connectivity index (χ3v) is 9.00. The number of carboxylic acids is 4. The zero-order valence-electron chi connectivity index (χ0n) is 35.0. The first-order valence-corrected chi connectivity index (χ1v) is 20.2. The maximum absolute atomic E-state index is 13.0. The van der Waals surface area contributed by atoms with Crippen LogP contribution >= 0.6 is 0 Å². The van der Waals surface area contributed by atoms with E-state index in [1.807, 2.05) is 13.8 Å². The Bertz CT molecular complexity index is 1300. The molecule has 1 saturated heterocycles. The monoisotopic (exact) mass is 1000 g/mol. The topological polar surface area (TPSA) is 236 Å². The van der Waals surface area contributed by atoms with Gasteiger partial charge in [0, 0.05) is 118 Å². The largest absolute Gasteiger partial charge is 0.491 e. The van der Waals surface area contributed by atoms with Crippen LogP contribution in [0.25, 0.3) is 0 Å². The number of hydrogen-bond acceptors (Lipinski definition) is 16. The summed E-state index contributed by atoms with van der Waals surface area (Å²) in [5, 5.41) is 39.3. The molecular weight excluding hydrogens is 938 g/mol. The minimum Gasteiger partial charge on any atom is -0.491 e. The molecule has 0 aromatic heterocycles. The summed E-state index contributed by atoms with van der Waals surface area (Å²) in [5.74, 6) is -3.47. The van der Waals surface area contributed by atoms with Gasteiger partial charge in [0.15, 0.2) is 0 Å². The first-order valence-electron chi connectivity index (χ1n) is 20.2. The van der Waals surface area contributed by atoms with Gasteiger partial charge in [0.1, 0.15) is 30.8 Å². The van der Waals surface area contributed by atoms with Crippen LogP contribution in [0.4, 0.5) is 0 Å². The van der Waals surface area contributed by atoms with Crippen LogP contribution in [-0.4, -0.2) is 234 Å². The summed E-state index contributed by atoms with van der Waals surface area (Å²) >= 11 is 0. The third-order valence-electron chi connectivity index (χ3n) is 9.00. The number of ether oxygens (including phenoxy) is 8. The van der Waals surface area contributed by atoms with Crippen molar-refractivity contribution in [3.05, 3.63) is 23.8 Å². The molecule has 1 aromatic rings. The standard InChI is InChI=1S/C39H66N4O16.Gd/c1-3-52-15-17-54-19-21-56-23-25-58-33-6-5-32(35(28-33)59-26-24-57-22-20-55-18-16-53-4-2)27-34(39(50)51)43-13-11-41(30-37(46)47)9-7-40(29-36(44)45)8-10-42(12-14-43)31-38(48)49;/h5-6,28,34H,3-4,7-27,29-31H2,1-2H3,(H,44,45)(H,46,47)(H,48,49)(H,50,51);/t34-;/m0./s1. The molecule has 21 heteroatoms. The molecule has 0 radical (unpaired) electrons. The van der Waals surface area contributed by atoms with Crippen molar-refractivity contribution in [2.75, 3.05) is 164 Å². The van der Waals surface area contributed by atoms with Gasteiger partial charge in [0.25, 0.3) is 0 Å². The quantitative estimate of drug-likeness (QED) is 0.0699. The number of carboxylic acid groups (broad SMARTS) is 4. The number of aliphatic carboxylic acids is 4. The van der Waals surface area contributed by atoms with E-state index in [2.05, 4.69) is 0 Å². The Kier molecular flexibility index (Phi) is 32.6. The van der Waals surface area contributed by atoms with Crippen LogP contribution in [0.5, 0.6) is 11.5 Å². The number of nitrogens with zero attached hydrogens (tertiary/aromatic N) is 4. The van der Waals surface area contributed by atoms with Crippen molar-refractivity contribution in [1.29, 1.82) is 0 Å². The number of rotatable bonds is 32. The Balaban J connectivity index is 0.0000180. The molecule has 20 nitrogen and oxygen atoms in total. The Morgan fingerprint density at radius 1 is 0.533 bits per heavy atom. The molecule has 4 N–H and O–H groups in total. The van der Waals surface area contributed by atoms with Gasteiger partial charge in [-0.3, -0.25) is 38.8 Å². The van der Waals surface area contributed by atoms with E-state index in [1.165, 1.54) is 0 Å². The second kappa shape index (κ2) is 35.1. The number of hydrogen-bond donors (Lipinski definition) is 4. The fraction of sp³-hybridized carbons (Fsp3) is 0.744. The molecule has 1 aliphatic heterocycles. The minimum atomic E-state index is -1.13. The minimum absolute atomic E-state index is 0. The van der Waals surface area contributed by atoms with Crippen LogP contribution in [0.15, 0.2) is 18.2 Å². The predicted molar refractivity (Wildman–Crippen MR) is 213 cm³/mol. The van der Waals surface area contributed by atoms with Crippen molar-refractivity contribution in [3.63, 3.8) is 0 Å². The van der Waals surface area contributed by atoms with Gasteiger partial charge in [-0.2, -0.15) is 0 Å². The number of carbonyl (C=O) groups is 4.